The Bertz CT molecular complexity index is 1060. The standard InChI is InChI=1S/C19H15N3O4S/c1-12-20-17(22-26-12)10-24-15-8-4-2-6-13(15)19(23)25-11-18-21-14-7-3-5-9-16(14)27-18/h2-9H,10-11H2,1H3. The highest BCUT2D eigenvalue weighted by Gasteiger charge is 2.16. The maximum absolute atomic E-state index is 12.5. The van der Waals surface area contributed by atoms with Crippen molar-refractivity contribution in [1.82, 2.24) is 15.1 Å². The monoisotopic (exact) mass is 381 g/mol. The quantitative estimate of drug-likeness (QED) is 0.468. The van der Waals surface area contributed by atoms with Crippen molar-refractivity contribution in [2.75, 3.05) is 0 Å². The molecular formula is C19H15N3O4S. The predicted molar refractivity (Wildman–Crippen MR) is 98.5 cm³/mol. The van der Waals surface area contributed by atoms with Crippen molar-refractivity contribution in [1.29, 1.82) is 0 Å². The fraction of sp³-hybridized carbons (Fsp3) is 0.158. The van der Waals surface area contributed by atoms with Gasteiger partial charge in [-0.05, 0) is 24.3 Å². The van der Waals surface area contributed by atoms with E-state index in [0.29, 0.717) is 23.0 Å². The van der Waals surface area contributed by atoms with Crippen LogP contribution in [0, 0.1) is 6.92 Å². The van der Waals surface area contributed by atoms with Crippen molar-refractivity contribution >= 4 is 27.5 Å². The first-order valence-electron chi connectivity index (χ1n) is 8.21. The van der Waals surface area contributed by atoms with Gasteiger partial charge in [0.05, 0.1) is 10.2 Å². The Morgan fingerprint density at radius 1 is 1.07 bits per heavy atom. The molecule has 27 heavy (non-hydrogen) atoms. The lowest BCUT2D eigenvalue weighted by atomic mass is 10.2. The molecule has 0 fully saturated rings. The van der Waals surface area contributed by atoms with E-state index in [1.54, 1.807) is 31.2 Å². The Labute approximate surface area is 158 Å². The van der Waals surface area contributed by atoms with Crippen LogP contribution >= 0.6 is 11.3 Å². The first-order valence-corrected chi connectivity index (χ1v) is 9.03. The Morgan fingerprint density at radius 2 is 1.89 bits per heavy atom. The first kappa shape index (κ1) is 17.2. The van der Waals surface area contributed by atoms with Crippen LogP contribution in [0.5, 0.6) is 5.75 Å². The number of benzene rings is 2. The molecule has 4 aromatic rings. The van der Waals surface area contributed by atoms with Gasteiger partial charge >= 0.3 is 5.97 Å². The minimum Gasteiger partial charge on any atom is -0.485 e. The average molecular weight is 381 g/mol. The normalized spacial score (nSPS) is 10.9. The fourth-order valence-electron chi connectivity index (χ4n) is 2.49. The van der Waals surface area contributed by atoms with Gasteiger partial charge in [-0.15, -0.1) is 11.3 Å². The van der Waals surface area contributed by atoms with Crippen molar-refractivity contribution in [3.63, 3.8) is 0 Å². The number of thiazole rings is 1. The fourth-order valence-corrected chi connectivity index (χ4v) is 3.37. The SMILES string of the molecule is Cc1nc(COc2ccccc2C(=O)OCc2nc3ccccc3s2)no1. The van der Waals surface area contributed by atoms with Gasteiger partial charge in [0.15, 0.2) is 6.61 Å². The number of para-hydroxylation sites is 2. The smallest absolute Gasteiger partial charge is 0.342 e. The predicted octanol–water partition coefficient (Wildman–Crippen LogP) is 3.92. The molecule has 2 heterocycles. The van der Waals surface area contributed by atoms with Crippen LogP contribution in [0.15, 0.2) is 53.1 Å². The summed E-state index contributed by atoms with van der Waals surface area (Å²) in [6.45, 7) is 1.90. The molecule has 0 spiro atoms. The van der Waals surface area contributed by atoms with Gasteiger partial charge in [0.1, 0.15) is 22.9 Å². The summed E-state index contributed by atoms with van der Waals surface area (Å²) in [5.74, 6) is 0.783. The molecule has 0 bridgehead atoms. The molecule has 0 atom stereocenters. The third-order valence-electron chi connectivity index (χ3n) is 3.70. The Morgan fingerprint density at radius 3 is 2.70 bits per heavy atom. The van der Waals surface area contributed by atoms with E-state index < -0.39 is 5.97 Å². The first-order chi connectivity index (χ1) is 13.2. The number of hydrogen-bond acceptors (Lipinski definition) is 8. The minimum absolute atomic E-state index is 0.0967. The minimum atomic E-state index is -0.478. The topological polar surface area (TPSA) is 87.3 Å². The van der Waals surface area contributed by atoms with Crippen LogP contribution in [-0.4, -0.2) is 21.1 Å². The van der Waals surface area contributed by atoms with Gasteiger partial charge in [-0.25, -0.2) is 9.78 Å². The highest BCUT2D eigenvalue weighted by Crippen LogP contribution is 2.24. The van der Waals surface area contributed by atoms with Crippen molar-refractivity contribution < 1.29 is 18.8 Å². The molecule has 0 radical (unpaired) electrons. The van der Waals surface area contributed by atoms with Crippen molar-refractivity contribution in [2.24, 2.45) is 0 Å². The molecule has 0 aliphatic carbocycles. The molecule has 2 aromatic heterocycles. The molecule has 0 aliphatic rings. The molecule has 0 saturated heterocycles. The highest BCUT2D eigenvalue weighted by atomic mass is 32.1. The van der Waals surface area contributed by atoms with Crippen LogP contribution in [0.1, 0.15) is 27.1 Å². The van der Waals surface area contributed by atoms with Crippen LogP contribution in [-0.2, 0) is 18.0 Å². The summed E-state index contributed by atoms with van der Waals surface area (Å²) in [6, 6.07) is 14.7. The number of ether oxygens (including phenoxy) is 2. The van der Waals surface area contributed by atoms with E-state index in [2.05, 4.69) is 15.1 Å². The molecule has 0 unspecified atom stereocenters. The van der Waals surface area contributed by atoms with E-state index in [9.17, 15) is 4.79 Å². The van der Waals surface area contributed by atoms with Crippen LogP contribution < -0.4 is 4.74 Å². The molecule has 2 aromatic carbocycles. The molecule has 0 N–H and O–H groups in total. The van der Waals surface area contributed by atoms with Crippen LogP contribution in [0.2, 0.25) is 0 Å². The highest BCUT2D eigenvalue weighted by molar-refractivity contribution is 7.18. The lowest BCUT2D eigenvalue weighted by Crippen LogP contribution is -2.08. The van der Waals surface area contributed by atoms with Gasteiger partial charge in [-0.3, -0.25) is 0 Å². The number of nitrogens with zero attached hydrogens (tertiary/aromatic N) is 3. The van der Waals surface area contributed by atoms with Gasteiger partial charge in [0.25, 0.3) is 0 Å². The zero-order chi connectivity index (χ0) is 18.6. The maximum atomic E-state index is 12.5. The third-order valence-corrected chi connectivity index (χ3v) is 4.71. The number of carbonyl (C=O) groups is 1. The molecule has 0 amide bonds. The molecule has 7 nitrogen and oxygen atoms in total. The maximum Gasteiger partial charge on any atom is 0.342 e. The Kier molecular flexibility index (Phi) is 4.80. The molecule has 0 aliphatic heterocycles. The van der Waals surface area contributed by atoms with Crippen molar-refractivity contribution in [2.45, 2.75) is 20.1 Å². The lowest BCUT2D eigenvalue weighted by molar-refractivity contribution is 0.0467. The second-order valence-electron chi connectivity index (χ2n) is 5.67. The lowest BCUT2D eigenvalue weighted by Gasteiger charge is -2.09. The average Bonchev–Trinajstić information content (AvgIpc) is 3.30. The number of carbonyl (C=O) groups excluding carboxylic acids is 1. The molecule has 4 rings (SSSR count). The summed E-state index contributed by atoms with van der Waals surface area (Å²) in [7, 11) is 0. The summed E-state index contributed by atoms with van der Waals surface area (Å²) in [4.78, 5) is 21.0. The number of aryl methyl sites for hydroxylation is 1. The summed E-state index contributed by atoms with van der Waals surface area (Å²) in [6.07, 6.45) is 0. The summed E-state index contributed by atoms with van der Waals surface area (Å²) in [5, 5.41) is 4.51. The molecule has 136 valence electrons. The summed E-state index contributed by atoms with van der Waals surface area (Å²) < 4.78 is 17.0. The molecular weight excluding hydrogens is 366 g/mol. The third kappa shape index (κ3) is 3.95. The van der Waals surface area contributed by atoms with E-state index in [1.807, 2.05) is 24.3 Å². The van der Waals surface area contributed by atoms with Crippen LogP contribution in [0.25, 0.3) is 10.2 Å². The number of esters is 1. The number of aromatic nitrogens is 3. The van der Waals surface area contributed by atoms with Crippen molar-refractivity contribution in [3.05, 3.63) is 70.8 Å². The van der Waals surface area contributed by atoms with Gasteiger partial charge in [0, 0.05) is 6.92 Å². The van der Waals surface area contributed by atoms with Crippen molar-refractivity contribution in [3.8, 4) is 5.75 Å². The second-order valence-corrected chi connectivity index (χ2v) is 6.78. The van der Waals surface area contributed by atoms with E-state index in [4.69, 9.17) is 14.0 Å². The molecule has 8 heteroatoms. The van der Waals surface area contributed by atoms with E-state index >= 15 is 0 Å². The zero-order valence-corrected chi connectivity index (χ0v) is 15.2. The van der Waals surface area contributed by atoms with Gasteiger partial charge < -0.3 is 14.0 Å². The van der Waals surface area contributed by atoms with E-state index in [-0.39, 0.29) is 13.2 Å². The van der Waals surface area contributed by atoms with Gasteiger partial charge in [-0.2, -0.15) is 4.98 Å². The number of rotatable bonds is 6. The van der Waals surface area contributed by atoms with Gasteiger partial charge in [0.2, 0.25) is 11.7 Å². The summed E-state index contributed by atoms with van der Waals surface area (Å²) >= 11 is 1.50. The summed E-state index contributed by atoms with van der Waals surface area (Å²) in [5.41, 5.74) is 1.23. The van der Waals surface area contributed by atoms with Gasteiger partial charge in [-0.1, -0.05) is 29.4 Å². The largest absolute Gasteiger partial charge is 0.485 e. The number of fused-ring (bicyclic) bond motifs is 1. The number of hydrogen-bond donors (Lipinski definition) is 0. The second kappa shape index (κ2) is 7.55. The van der Waals surface area contributed by atoms with E-state index in [0.717, 1.165) is 15.2 Å². The zero-order valence-electron chi connectivity index (χ0n) is 14.4. The van der Waals surface area contributed by atoms with E-state index in [1.165, 1.54) is 11.3 Å². The Hall–Kier alpha value is -3.26. The van der Waals surface area contributed by atoms with Crippen LogP contribution in [0.3, 0.4) is 0 Å². The Balaban J connectivity index is 1.43. The van der Waals surface area contributed by atoms with Crippen LogP contribution in [0.4, 0.5) is 0 Å². The molecule has 0 saturated carbocycles.